The minimum Gasteiger partial charge on any atom is -0.507 e. The van der Waals surface area contributed by atoms with Crippen LogP contribution in [0.1, 0.15) is 25.8 Å². The van der Waals surface area contributed by atoms with Gasteiger partial charge >= 0.3 is 0 Å². The highest BCUT2D eigenvalue weighted by atomic mass is 19.1. The monoisotopic (exact) mass is 278 g/mol. The average Bonchev–Trinajstić information content (AvgIpc) is 2.74. The van der Waals surface area contributed by atoms with Gasteiger partial charge in [0.15, 0.2) is 0 Å². The van der Waals surface area contributed by atoms with E-state index in [0.29, 0.717) is 0 Å². The Bertz CT molecular complexity index is 592. The van der Waals surface area contributed by atoms with Crippen molar-refractivity contribution >= 4 is 10.9 Å². The van der Waals surface area contributed by atoms with Crippen molar-refractivity contribution in [1.29, 1.82) is 0 Å². The van der Waals surface area contributed by atoms with E-state index in [0.717, 1.165) is 48.9 Å². The van der Waals surface area contributed by atoms with Gasteiger partial charge in [0.05, 0.1) is 5.52 Å². The van der Waals surface area contributed by atoms with Crippen molar-refractivity contribution in [2.75, 3.05) is 20.1 Å². The molecule has 20 heavy (non-hydrogen) atoms. The molecule has 0 saturated heterocycles. The van der Waals surface area contributed by atoms with Crippen molar-refractivity contribution < 1.29 is 9.50 Å². The fourth-order valence-corrected chi connectivity index (χ4v) is 2.71. The summed E-state index contributed by atoms with van der Waals surface area (Å²) in [4.78, 5) is 2.27. The highest BCUT2D eigenvalue weighted by Gasteiger charge is 2.13. The van der Waals surface area contributed by atoms with Gasteiger partial charge in [0.2, 0.25) is 0 Å². The van der Waals surface area contributed by atoms with Crippen LogP contribution >= 0.6 is 0 Å². The minimum atomic E-state index is -0.391. The molecule has 0 saturated carbocycles. The van der Waals surface area contributed by atoms with Gasteiger partial charge in [0.1, 0.15) is 11.6 Å². The number of fused-ring (bicyclic) bond motifs is 1. The number of phenols is 1. The zero-order chi connectivity index (χ0) is 14.7. The third kappa shape index (κ3) is 2.96. The summed E-state index contributed by atoms with van der Waals surface area (Å²) in [7, 11) is 2.10. The van der Waals surface area contributed by atoms with Gasteiger partial charge in [-0.1, -0.05) is 6.92 Å². The molecule has 1 N–H and O–H groups in total. The number of hydrogen-bond acceptors (Lipinski definition) is 2. The van der Waals surface area contributed by atoms with Crippen molar-refractivity contribution in [3.63, 3.8) is 0 Å². The summed E-state index contributed by atoms with van der Waals surface area (Å²) in [5.41, 5.74) is 1.86. The molecule has 110 valence electrons. The van der Waals surface area contributed by atoms with Gasteiger partial charge in [-0.2, -0.15) is 0 Å². The van der Waals surface area contributed by atoms with Crippen molar-refractivity contribution in [3.8, 4) is 5.75 Å². The summed E-state index contributed by atoms with van der Waals surface area (Å²) in [5.74, 6) is -0.349. The maximum absolute atomic E-state index is 13.5. The highest BCUT2D eigenvalue weighted by Crippen LogP contribution is 2.31. The summed E-state index contributed by atoms with van der Waals surface area (Å²) in [6.07, 6.45) is 4.02. The fraction of sp³-hybridized carbons (Fsp3) is 0.500. The lowest BCUT2D eigenvalue weighted by Crippen LogP contribution is -2.21. The Labute approximate surface area is 119 Å². The van der Waals surface area contributed by atoms with Crippen molar-refractivity contribution in [3.05, 3.63) is 29.7 Å². The lowest BCUT2D eigenvalue weighted by atomic mass is 10.1. The van der Waals surface area contributed by atoms with E-state index in [4.69, 9.17) is 0 Å². The molecule has 0 spiro atoms. The van der Waals surface area contributed by atoms with E-state index in [2.05, 4.69) is 18.9 Å². The van der Waals surface area contributed by atoms with Crippen LogP contribution in [0.15, 0.2) is 18.3 Å². The molecule has 4 heteroatoms. The molecule has 0 unspecified atom stereocenters. The lowest BCUT2D eigenvalue weighted by Gasteiger charge is -2.14. The summed E-state index contributed by atoms with van der Waals surface area (Å²) >= 11 is 0. The number of nitrogens with zero attached hydrogens (tertiary/aromatic N) is 2. The van der Waals surface area contributed by atoms with Crippen molar-refractivity contribution in [2.45, 2.75) is 33.2 Å². The summed E-state index contributed by atoms with van der Waals surface area (Å²) in [6, 6.07) is 2.69. The first-order valence-corrected chi connectivity index (χ1v) is 7.25. The molecule has 2 aromatic rings. The smallest absolute Gasteiger partial charge is 0.129 e. The first kappa shape index (κ1) is 14.9. The van der Waals surface area contributed by atoms with E-state index >= 15 is 0 Å². The van der Waals surface area contributed by atoms with Crippen LogP contribution in [0.25, 0.3) is 10.9 Å². The molecule has 0 amide bonds. The number of rotatable bonds is 6. The van der Waals surface area contributed by atoms with E-state index in [-0.39, 0.29) is 5.75 Å². The third-order valence-electron chi connectivity index (χ3n) is 3.71. The van der Waals surface area contributed by atoms with Crippen molar-refractivity contribution in [1.82, 2.24) is 9.47 Å². The fourth-order valence-electron chi connectivity index (χ4n) is 2.71. The van der Waals surface area contributed by atoms with Gasteiger partial charge in [-0.15, -0.1) is 0 Å². The molecule has 0 bridgehead atoms. The second kappa shape index (κ2) is 6.27. The lowest BCUT2D eigenvalue weighted by molar-refractivity contribution is 0.339. The first-order chi connectivity index (χ1) is 9.56. The number of phenolic OH excluding ortho intramolecular Hbond substituents is 1. The van der Waals surface area contributed by atoms with Crippen LogP contribution in [0.3, 0.4) is 0 Å². The Hall–Kier alpha value is -1.55. The second-order valence-electron chi connectivity index (χ2n) is 5.31. The van der Waals surface area contributed by atoms with Gasteiger partial charge in [-0.3, -0.25) is 0 Å². The number of benzene rings is 1. The number of likely N-dealkylation sites (N-methyl/N-ethyl adjacent to an activating group) is 1. The van der Waals surface area contributed by atoms with Crippen LogP contribution in [0, 0.1) is 5.82 Å². The van der Waals surface area contributed by atoms with Crippen LogP contribution in [0.4, 0.5) is 4.39 Å². The molecule has 3 nitrogen and oxygen atoms in total. The highest BCUT2D eigenvalue weighted by molar-refractivity contribution is 5.89. The number of aryl methyl sites for hydroxylation is 1. The van der Waals surface area contributed by atoms with Crippen LogP contribution < -0.4 is 0 Å². The molecule has 2 rings (SSSR count). The van der Waals surface area contributed by atoms with E-state index in [9.17, 15) is 9.50 Å². The second-order valence-corrected chi connectivity index (χ2v) is 5.31. The van der Waals surface area contributed by atoms with E-state index in [1.54, 1.807) is 0 Å². The number of aromatic nitrogens is 1. The van der Waals surface area contributed by atoms with Crippen LogP contribution in [-0.4, -0.2) is 34.7 Å². The molecule has 0 aliphatic heterocycles. The topological polar surface area (TPSA) is 28.4 Å². The van der Waals surface area contributed by atoms with E-state index < -0.39 is 5.82 Å². The zero-order valence-corrected chi connectivity index (χ0v) is 12.5. The van der Waals surface area contributed by atoms with Gasteiger partial charge in [-0.05, 0) is 45.0 Å². The Morgan fingerprint density at radius 3 is 2.65 bits per heavy atom. The van der Waals surface area contributed by atoms with Gasteiger partial charge < -0.3 is 14.6 Å². The summed E-state index contributed by atoms with van der Waals surface area (Å²) in [6.45, 7) is 6.95. The van der Waals surface area contributed by atoms with Gasteiger partial charge in [0.25, 0.3) is 0 Å². The summed E-state index contributed by atoms with van der Waals surface area (Å²) in [5, 5.41) is 10.8. The minimum absolute atomic E-state index is 0.0420. The molecule has 1 heterocycles. The molecule has 1 aromatic heterocycles. The van der Waals surface area contributed by atoms with E-state index in [1.807, 2.05) is 17.7 Å². The first-order valence-electron chi connectivity index (χ1n) is 7.25. The van der Waals surface area contributed by atoms with Gasteiger partial charge in [0, 0.05) is 30.7 Å². The van der Waals surface area contributed by atoms with Crippen molar-refractivity contribution in [2.24, 2.45) is 0 Å². The van der Waals surface area contributed by atoms with Crippen LogP contribution in [-0.2, 0) is 13.0 Å². The maximum atomic E-state index is 13.5. The Kier molecular flexibility index (Phi) is 4.65. The molecular formula is C16H23FN2O. The number of halogens is 1. The Balaban J connectivity index is 2.34. The maximum Gasteiger partial charge on any atom is 0.129 e. The number of hydrogen-bond donors (Lipinski definition) is 1. The SMILES string of the molecule is CCCN(C)CCc1cn(CC)c2cc(F)cc(O)c12. The normalized spacial score (nSPS) is 11.7. The predicted octanol–water partition coefficient (Wildman–Crippen LogP) is 3.39. The summed E-state index contributed by atoms with van der Waals surface area (Å²) < 4.78 is 15.4. The molecule has 0 radical (unpaired) electrons. The van der Waals surface area contributed by atoms with Crippen LogP contribution in [0.5, 0.6) is 5.75 Å². The molecule has 0 aliphatic carbocycles. The Morgan fingerprint density at radius 2 is 2.00 bits per heavy atom. The predicted molar refractivity (Wildman–Crippen MR) is 80.7 cm³/mol. The third-order valence-corrected chi connectivity index (χ3v) is 3.71. The van der Waals surface area contributed by atoms with E-state index in [1.165, 1.54) is 12.1 Å². The van der Waals surface area contributed by atoms with Gasteiger partial charge in [-0.25, -0.2) is 4.39 Å². The molecule has 1 aromatic carbocycles. The largest absolute Gasteiger partial charge is 0.507 e. The molecule has 0 atom stereocenters. The Morgan fingerprint density at radius 1 is 1.25 bits per heavy atom. The molecule has 0 fully saturated rings. The average molecular weight is 278 g/mol. The quantitative estimate of drug-likeness (QED) is 0.877. The number of aromatic hydroxyl groups is 1. The standard InChI is InChI=1S/C16H23FN2O/c1-4-7-18(3)8-6-12-11-19(5-2)14-9-13(17)10-15(20)16(12)14/h9-11,20H,4-8H2,1-3H3. The molecular weight excluding hydrogens is 255 g/mol. The van der Waals surface area contributed by atoms with Crippen LogP contribution in [0.2, 0.25) is 0 Å². The molecule has 0 aliphatic rings. The zero-order valence-electron chi connectivity index (χ0n) is 12.5.